The van der Waals surface area contributed by atoms with Crippen molar-refractivity contribution in [1.82, 2.24) is 19.6 Å². The fourth-order valence-corrected chi connectivity index (χ4v) is 4.18. The van der Waals surface area contributed by atoms with Crippen molar-refractivity contribution in [2.24, 2.45) is 0 Å². The van der Waals surface area contributed by atoms with Gasteiger partial charge in [-0.1, -0.05) is 42.0 Å². The Labute approximate surface area is 202 Å². The van der Waals surface area contributed by atoms with E-state index >= 15 is 0 Å². The van der Waals surface area contributed by atoms with Gasteiger partial charge in [0.2, 0.25) is 0 Å². The highest BCUT2D eigenvalue weighted by Gasteiger charge is 2.16. The van der Waals surface area contributed by atoms with Gasteiger partial charge in [0.05, 0.1) is 46.0 Å². The Kier molecular flexibility index (Phi) is 6.51. The summed E-state index contributed by atoms with van der Waals surface area (Å²) >= 11 is 3.57. The molecule has 4 aromatic rings. The Morgan fingerprint density at radius 2 is 1.48 bits per heavy atom. The van der Waals surface area contributed by atoms with Crippen LogP contribution in [0.1, 0.15) is 49.8 Å². The van der Waals surface area contributed by atoms with Crippen LogP contribution in [0.4, 0.5) is 5.69 Å². The highest BCUT2D eigenvalue weighted by molar-refractivity contribution is 9.10. The minimum Gasteiger partial charge on any atom is -0.319 e. The first-order valence-electron chi connectivity index (χ1n) is 10.9. The van der Waals surface area contributed by atoms with E-state index in [1.165, 1.54) is 11.1 Å². The molecule has 0 aliphatic rings. The van der Waals surface area contributed by atoms with Crippen LogP contribution < -0.4 is 5.32 Å². The SMILES string of the molecule is Cc1ccc(Cn2nc(C)c(NC(=O)c3cccc(Cn4nc(C)c(Br)c4C)c3)c2C)cc1. The van der Waals surface area contributed by atoms with Crippen LogP contribution >= 0.6 is 15.9 Å². The maximum atomic E-state index is 13.1. The van der Waals surface area contributed by atoms with E-state index in [4.69, 9.17) is 0 Å². The summed E-state index contributed by atoms with van der Waals surface area (Å²) < 4.78 is 4.90. The molecule has 7 heteroatoms. The van der Waals surface area contributed by atoms with Crippen molar-refractivity contribution in [3.63, 3.8) is 0 Å². The van der Waals surface area contributed by atoms with Gasteiger partial charge in [-0.05, 0) is 73.8 Å². The molecule has 1 N–H and O–H groups in total. The van der Waals surface area contributed by atoms with Crippen LogP contribution in [0.5, 0.6) is 0 Å². The van der Waals surface area contributed by atoms with E-state index in [1.807, 2.05) is 61.3 Å². The van der Waals surface area contributed by atoms with E-state index in [2.05, 4.69) is 62.6 Å². The lowest BCUT2D eigenvalue weighted by Crippen LogP contribution is -2.14. The van der Waals surface area contributed by atoms with Crippen LogP contribution in [0, 0.1) is 34.6 Å². The van der Waals surface area contributed by atoms with Crippen molar-refractivity contribution < 1.29 is 4.79 Å². The molecule has 0 fully saturated rings. The summed E-state index contributed by atoms with van der Waals surface area (Å²) in [6, 6.07) is 16.1. The number of anilines is 1. The van der Waals surface area contributed by atoms with Crippen molar-refractivity contribution >= 4 is 27.5 Å². The molecule has 170 valence electrons. The Hall–Kier alpha value is -3.19. The second-order valence-corrected chi connectivity index (χ2v) is 9.28. The lowest BCUT2D eigenvalue weighted by molar-refractivity contribution is 0.102. The summed E-state index contributed by atoms with van der Waals surface area (Å²) in [5.74, 6) is -0.146. The van der Waals surface area contributed by atoms with E-state index in [1.54, 1.807) is 0 Å². The van der Waals surface area contributed by atoms with Gasteiger partial charge >= 0.3 is 0 Å². The molecule has 0 bridgehead atoms. The second kappa shape index (κ2) is 9.35. The highest BCUT2D eigenvalue weighted by Crippen LogP contribution is 2.23. The zero-order chi connectivity index (χ0) is 23.7. The molecule has 0 aliphatic carbocycles. The summed E-state index contributed by atoms with van der Waals surface area (Å²) in [6.07, 6.45) is 0. The number of benzene rings is 2. The molecule has 4 rings (SSSR count). The molecule has 0 radical (unpaired) electrons. The van der Waals surface area contributed by atoms with Gasteiger partial charge in [-0.3, -0.25) is 14.2 Å². The molecule has 0 aliphatic heterocycles. The average Bonchev–Trinajstić information content (AvgIpc) is 3.19. The third-order valence-electron chi connectivity index (χ3n) is 5.89. The van der Waals surface area contributed by atoms with Gasteiger partial charge in [0.25, 0.3) is 5.91 Å². The largest absolute Gasteiger partial charge is 0.319 e. The molecule has 33 heavy (non-hydrogen) atoms. The number of hydrogen-bond acceptors (Lipinski definition) is 3. The average molecular weight is 506 g/mol. The number of nitrogens with zero attached hydrogens (tertiary/aromatic N) is 4. The predicted octanol–water partition coefficient (Wildman–Crippen LogP) is 5.73. The molecule has 2 heterocycles. The van der Waals surface area contributed by atoms with Gasteiger partial charge in [0.15, 0.2) is 0 Å². The molecule has 0 saturated carbocycles. The van der Waals surface area contributed by atoms with Crippen LogP contribution in [0.3, 0.4) is 0 Å². The smallest absolute Gasteiger partial charge is 0.255 e. The second-order valence-electron chi connectivity index (χ2n) is 8.49. The summed E-state index contributed by atoms with van der Waals surface area (Å²) in [7, 11) is 0. The van der Waals surface area contributed by atoms with Crippen molar-refractivity contribution in [2.45, 2.75) is 47.7 Å². The summed E-state index contributed by atoms with van der Waals surface area (Å²) in [5, 5.41) is 12.3. The van der Waals surface area contributed by atoms with Crippen LogP contribution in [0.15, 0.2) is 53.0 Å². The van der Waals surface area contributed by atoms with Crippen LogP contribution in [-0.4, -0.2) is 25.5 Å². The van der Waals surface area contributed by atoms with E-state index in [0.29, 0.717) is 18.7 Å². The topological polar surface area (TPSA) is 64.7 Å². The normalized spacial score (nSPS) is 11.1. The summed E-state index contributed by atoms with van der Waals surface area (Å²) in [5.41, 5.74) is 8.55. The van der Waals surface area contributed by atoms with E-state index < -0.39 is 0 Å². The highest BCUT2D eigenvalue weighted by atomic mass is 79.9. The number of rotatable bonds is 6. The predicted molar refractivity (Wildman–Crippen MR) is 135 cm³/mol. The minimum absolute atomic E-state index is 0.146. The van der Waals surface area contributed by atoms with Crippen LogP contribution in [0.25, 0.3) is 0 Å². The summed E-state index contributed by atoms with van der Waals surface area (Å²) in [4.78, 5) is 13.1. The van der Waals surface area contributed by atoms with Crippen molar-refractivity contribution in [3.8, 4) is 0 Å². The molecule has 0 saturated heterocycles. The maximum Gasteiger partial charge on any atom is 0.255 e. The van der Waals surface area contributed by atoms with Gasteiger partial charge in [0, 0.05) is 5.56 Å². The van der Waals surface area contributed by atoms with Gasteiger partial charge in [-0.2, -0.15) is 10.2 Å². The van der Waals surface area contributed by atoms with Gasteiger partial charge in [0.1, 0.15) is 0 Å². The van der Waals surface area contributed by atoms with Gasteiger partial charge < -0.3 is 5.32 Å². The number of aromatic nitrogens is 4. The van der Waals surface area contributed by atoms with Crippen molar-refractivity contribution in [3.05, 3.63) is 98.0 Å². The molecule has 2 aromatic heterocycles. The maximum absolute atomic E-state index is 13.1. The molecule has 1 amide bonds. The van der Waals surface area contributed by atoms with Crippen LogP contribution in [0.2, 0.25) is 0 Å². The van der Waals surface area contributed by atoms with E-state index in [-0.39, 0.29) is 5.91 Å². The molecule has 2 aromatic carbocycles. The first kappa shape index (κ1) is 23.0. The molecule has 0 atom stereocenters. The van der Waals surface area contributed by atoms with E-state index in [9.17, 15) is 4.79 Å². The first-order chi connectivity index (χ1) is 15.7. The fourth-order valence-electron chi connectivity index (χ4n) is 3.90. The lowest BCUT2D eigenvalue weighted by atomic mass is 10.1. The number of aryl methyl sites for hydroxylation is 3. The number of carbonyl (C=O) groups is 1. The third-order valence-corrected chi connectivity index (χ3v) is 7.04. The lowest BCUT2D eigenvalue weighted by Gasteiger charge is -2.09. The molecule has 0 spiro atoms. The number of hydrogen-bond donors (Lipinski definition) is 1. The third kappa shape index (κ3) is 4.93. The van der Waals surface area contributed by atoms with E-state index in [0.717, 1.165) is 38.5 Å². The Balaban J connectivity index is 1.51. The Morgan fingerprint density at radius 1 is 0.848 bits per heavy atom. The first-order valence-corrected chi connectivity index (χ1v) is 11.7. The zero-order valence-electron chi connectivity index (χ0n) is 19.6. The summed E-state index contributed by atoms with van der Waals surface area (Å²) in [6.45, 7) is 11.3. The number of halogens is 1. The van der Waals surface area contributed by atoms with Crippen molar-refractivity contribution in [1.29, 1.82) is 0 Å². The standard InChI is InChI=1S/C26H28BrN5O/c1-16-9-11-21(12-10-16)14-32-20(5)25(18(3)30-32)28-26(33)23-8-6-7-22(13-23)15-31-19(4)24(27)17(2)29-31/h6-13H,14-15H2,1-5H3,(H,28,33). The Morgan fingerprint density at radius 3 is 2.15 bits per heavy atom. The monoisotopic (exact) mass is 505 g/mol. The van der Waals surface area contributed by atoms with Crippen molar-refractivity contribution in [2.75, 3.05) is 5.32 Å². The van der Waals surface area contributed by atoms with Gasteiger partial charge in [-0.25, -0.2) is 0 Å². The minimum atomic E-state index is -0.146. The number of amides is 1. The zero-order valence-corrected chi connectivity index (χ0v) is 21.2. The number of nitrogens with one attached hydrogen (secondary N) is 1. The number of carbonyl (C=O) groups excluding carboxylic acids is 1. The Bertz CT molecular complexity index is 1320. The quantitative estimate of drug-likeness (QED) is 0.363. The van der Waals surface area contributed by atoms with Gasteiger partial charge in [-0.15, -0.1) is 0 Å². The molecular formula is C26H28BrN5O. The molecular weight excluding hydrogens is 478 g/mol. The fraction of sp³-hybridized carbons (Fsp3) is 0.269. The molecule has 0 unspecified atom stereocenters. The molecule has 6 nitrogen and oxygen atoms in total. The van der Waals surface area contributed by atoms with Crippen LogP contribution in [-0.2, 0) is 13.1 Å².